The molecule has 8 nitrogen and oxygen atoms in total. The average molecular weight is 453 g/mol. The molecular weight excluding hydrogens is 432 g/mol. The lowest BCUT2D eigenvalue weighted by atomic mass is 10.2. The Bertz CT molecular complexity index is 1030. The van der Waals surface area contributed by atoms with Crippen molar-refractivity contribution >= 4 is 39.2 Å². The first kappa shape index (κ1) is 22.2. The van der Waals surface area contributed by atoms with E-state index in [2.05, 4.69) is 5.32 Å². The quantitative estimate of drug-likeness (QED) is 0.675. The van der Waals surface area contributed by atoms with Crippen molar-refractivity contribution < 1.29 is 27.5 Å². The van der Waals surface area contributed by atoms with E-state index >= 15 is 0 Å². The van der Waals surface area contributed by atoms with Gasteiger partial charge in [-0.2, -0.15) is 4.31 Å². The molecule has 0 atom stereocenters. The predicted octanol–water partition coefficient (Wildman–Crippen LogP) is 2.46. The number of carbonyl (C=O) groups is 2. The van der Waals surface area contributed by atoms with Crippen LogP contribution in [0, 0.1) is 6.92 Å². The van der Waals surface area contributed by atoms with E-state index in [1.807, 2.05) is 0 Å². The standard InChI is InChI=1S/C20H21ClN2O6S/c1-14-17(21)3-2-4-18(14)22-19(24)13-29-20(25)15-5-7-16(8-6-15)30(26,27)23-9-11-28-12-10-23/h2-8H,9-13H2,1H3,(H,22,24). The summed E-state index contributed by atoms with van der Waals surface area (Å²) in [5.74, 6) is -1.25. The molecule has 0 bridgehead atoms. The van der Waals surface area contributed by atoms with E-state index in [0.29, 0.717) is 29.5 Å². The highest BCUT2D eigenvalue weighted by Gasteiger charge is 2.26. The van der Waals surface area contributed by atoms with Crippen LogP contribution >= 0.6 is 11.6 Å². The molecule has 0 radical (unpaired) electrons. The largest absolute Gasteiger partial charge is 0.452 e. The Balaban J connectivity index is 1.58. The van der Waals surface area contributed by atoms with Crippen LogP contribution in [0.1, 0.15) is 15.9 Å². The van der Waals surface area contributed by atoms with E-state index in [4.69, 9.17) is 21.1 Å². The van der Waals surface area contributed by atoms with Crippen molar-refractivity contribution in [2.45, 2.75) is 11.8 Å². The molecule has 160 valence electrons. The van der Waals surface area contributed by atoms with Crippen molar-refractivity contribution in [1.82, 2.24) is 4.31 Å². The Morgan fingerprint density at radius 1 is 1.13 bits per heavy atom. The molecule has 0 unspecified atom stereocenters. The van der Waals surface area contributed by atoms with E-state index in [1.54, 1.807) is 25.1 Å². The van der Waals surface area contributed by atoms with Crippen LogP contribution in [0.15, 0.2) is 47.4 Å². The fourth-order valence-electron chi connectivity index (χ4n) is 2.84. The summed E-state index contributed by atoms with van der Waals surface area (Å²) >= 11 is 6.01. The van der Waals surface area contributed by atoms with E-state index < -0.39 is 28.5 Å². The van der Waals surface area contributed by atoms with Gasteiger partial charge in [-0.15, -0.1) is 0 Å². The second kappa shape index (κ2) is 9.57. The van der Waals surface area contributed by atoms with Crippen LogP contribution in [0.3, 0.4) is 0 Å². The third-order valence-corrected chi connectivity index (χ3v) is 6.90. The summed E-state index contributed by atoms with van der Waals surface area (Å²) in [6.45, 7) is 2.54. The third-order valence-electron chi connectivity index (χ3n) is 4.57. The lowest BCUT2D eigenvalue weighted by Gasteiger charge is -2.26. The monoisotopic (exact) mass is 452 g/mol. The van der Waals surface area contributed by atoms with E-state index in [-0.39, 0.29) is 23.5 Å². The van der Waals surface area contributed by atoms with Crippen molar-refractivity contribution in [3.63, 3.8) is 0 Å². The molecule has 0 spiro atoms. The minimum atomic E-state index is -3.65. The van der Waals surface area contributed by atoms with Gasteiger partial charge >= 0.3 is 5.97 Å². The van der Waals surface area contributed by atoms with Gasteiger partial charge in [0.1, 0.15) is 0 Å². The van der Waals surface area contributed by atoms with Gasteiger partial charge in [-0.25, -0.2) is 13.2 Å². The molecule has 0 aromatic heterocycles. The number of halogens is 1. The van der Waals surface area contributed by atoms with Crippen LogP contribution < -0.4 is 5.32 Å². The summed E-state index contributed by atoms with van der Waals surface area (Å²) in [7, 11) is -3.65. The van der Waals surface area contributed by atoms with Crippen LogP contribution in [-0.4, -0.2) is 57.5 Å². The van der Waals surface area contributed by atoms with E-state index in [1.165, 1.54) is 28.6 Å². The molecule has 1 N–H and O–H groups in total. The van der Waals surface area contributed by atoms with Gasteiger partial charge in [0.05, 0.1) is 23.7 Å². The first-order chi connectivity index (χ1) is 14.3. The fourth-order valence-corrected chi connectivity index (χ4v) is 4.43. The summed E-state index contributed by atoms with van der Waals surface area (Å²) in [5, 5.41) is 3.14. The number of benzene rings is 2. The zero-order valence-corrected chi connectivity index (χ0v) is 17.8. The zero-order chi connectivity index (χ0) is 21.7. The van der Waals surface area contributed by atoms with Crippen LogP contribution in [0.2, 0.25) is 5.02 Å². The lowest BCUT2D eigenvalue weighted by Crippen LogP contribution is -2.40. The van der Waals surface area contributed by atoms with Crippen molar-refractivity contribution in [2.24, 2.45) is 0 Å². The summed E-state index contributed by atoms with van der Waals surface area (Å²) in [6, 6.07) is 10.5. The highest BCUT2D eigenvalue weighted by Crippen LogP contribution is 2.23. The minimum absolute atomic E-state index is 0.0788. The molecule has 1 aliphatic heterocycles. The van der Waals surface area contributed by atoms with Gasteiger partial charge < -0.3 is 14.8 Å². The van der Waals surface area contributed by atoms with Gasteiger partial charge in [-0.3, -0.25) is 4.79 Å². The number of esters is 1. The van der Waals surface area contributed by atoms with Crippen LogP contribution in [0.5, 0.6) is 0 Å². The van der Waals surface area contributed by atoms with E-state index in [0.717, 1.165) is 0 Å². The molecular formula is C20H21ClN2O6S. The number of hydrogen-bond donors (Lipinski definition) is 1. The number of amides is 1. The molecule has 2 aromatic rings. The number of morpholine rings is 1. The molecule has 0 aliphatic carbocycles. The van der Waals surface area contributed by atoms with Gasteiger partial charge in [0.15, 0.2) is 6.61 Å². The molecule has 1 saturated heterocycles. The summed E-state index contributed by atoms with van der Waals surface area (Å²) in [6.07, 6.45) is 0. The Hall–Kier alpha value is -2.46. The van der Waals surface area contributed by atoms with Crippen LogP contribution in [0.4, 0.5) is 5.69 Å². The number of anilines is 1. The summed E-state index contributed by atoms with van der Waals surface area (Å²) in [5.41, 5.74) is 1.37. The summed E-state index contributed by atoms with van der Waals surface area (Å²) < 4.78 is 36.7. The molecule has 2 aromatic carbocycles. The van der Waals surface area contributed by atoms with Crippen molar-refractivity contribution in [3.8, 4) is 0 Å². The number of hydrogen-bond acceptors (Lipinski definition) is 6. The highest BCUT2D eigenvalue weighted by molar-refractivity contribution is 7.89. The van der Waals surface area contributed by atoms with Gasteiger partial charge in [-0.1, -0.05) is 17.7 Å². The Labute approximate surface area is 179 Å². The minimum Gasteiger partial charge on any atom is -0.452 e. The normalized spacial score (nSPS) is 14.9. The number of rotatable bonds is 6. The maximum absolute atomic E-state index is 12.6. The van der Waals surface area contributed by atoms with E-state index in [9.17, 15) is 18.0 Å². The highest BCUT2D eigenvalue weighted by atomic mass is 35.5. The Morgan fingerprint density at radius 3 is 2.47 bits per heavy atom. The van der Waals surface area contributed by atoms with Gasteiger partial charge in [0.2, 0.25) is 10.0 Å². The van der Waals surface area contributed by atoms with Gasteiger partial charge in [0.25, 0.3) is 5.91 Å². The molecule has 3 rings (SSSR count). The maximum Gasteiger partial charge on any atom is 0.338 e. The lowest BCUT2D eigenvalue weighted by molar-refractivity contribution is -0.119. The molecule has 0 saturated carbocycles. The zero-order valence-electron chi connectivity index (χ0n) is 16.3. The van der Waals surface area contributed by atoms with Gasteiger partial charge in [-0.05, 0) is 48.9 Å². The predicted molar refractivity (Wildman–Crippen MR) is 111 cm³/mol. The second-order valence-electron chi connectivity index (χ2n) is 6.58. The smallest absolute Gasteiger partial charge is 0.338 e. The van der Waals surface area contributed by atoms with Crippen molar-refractivity contribution in [3.05, 3.63) is 58.6 Å². The fraction of sp³-hybridized carbons (Fsp3) is 0.300. The van der Waals surface area contributed by atoms with Crippen LogP contribution in [0.25, 0.3) is 0 Å². The summed E-state index contributed by atoms with van der Waals surface area (Å²) in [4.78, 5) is 24.3. The maximum atomic E-state index is 12.6. The van der Waals surface area contributed by atoms with Gasteiger partial charge in [0, 0.05) is 23.8 Å². The molecule has 1 heterocycles. The molecule has 10 heteroatoms. The molecule has 1 aliphatic rings. The number of carbonyl (C=O) groups excluding carboxylic acids is 2. The Morgan fingerprint density at radius 2 is 1.80 bits per heavy atom. The topological polar surface area (TPSA) is 102 Å². The number of sulfonamides is 1. The number of nitrogens with zero attached hydrogens (tertiary/aromatic N) is 1. The first-order valence-corrected chi connectivity index (χ1v) is 11.0. The molecule has 1 fully saturated rings. The third kappa shape index (κ3) is 5.17. The van der Waals surface area contributed by atoms with Crippen molar-refractivity contribution in [1.29, 1.82) is 0 Å². The van der Waals surface area contributed by atoms with Crippen molar-refractivity contribution in [2.75, 3.05) is 38.2 Å². The molecule has 1 amide bonds. The SMILES string of the molecule is Cc1c(Cl)cccc1NC(=O)COC(=O)c1ccc(S(=O)(=O)N2CCOCC2)cc1. The average Bonchev–Trinajstić information content (AvgIpc) is 2.76. The number of nitrogens with one attached hydrogen (secondary N) is 1. The van der Waals surface area contributed by atoms with Crippen LogP contribution in [-0.2, 0) is 24.3 Å². The molecule has 30 heavy (non-hydrogen) atoms. The number of ether oxygens (including phenoxy) is 2. The Kier molecular flexibility index (Phi) is 7.09. The second-order valence-corrected chi connectivity index (χ2v) is 8.92. The first-order valence-electron chi connectivity index (χ1n) is 9.19.